The Morgan fingerprint density at radius 3 is 2.75 bits per heavy atom. The second-order valence-corrected chi connectivity index (χ2v) is 7.08. The Morgan fingerprint density at radius 1 is 1.00 bits per heavy atom. The normalized spacial score (nSPS) is 20.5. The molecule has 6 heteroatoms. The first-order valence-electron chi connectivity index (χ1n) is 9.10. The summed E-state index contributed by atoms with van der Waals surface area (Å²) in [5.74, 6) is 1.78. The highest BCUT2D eigenvalue weighted by Gasteiger charge is 2.29. The summed E-state index contributed by atoms with van der Waals surface area (Å²) in [4.78, 5) is 4.52. The number of benzene rings is 3. The summed E-state index contributed by atoms with van der Waals surface area (Å²) in [6, 6.07) is 20.2. The molecule has 5 rings (SSSR count). The monoisotopic (exact) mass is 372 g/mol. The average molecular weight is 372 g/mol. The number of hydrogen-bond donors (Lipinski definition) is 3. The summed E-state index contributed by atoms with van der Waals surface area (Å²) in [6.07, 6.45) is 2.46. The molecule has 1 unspecified atom stereocenters. The van der Waals surface area contributed by atoms with Crippen molar-refractivity contribution in [3.05, 3.63) is 77.9 Å². The quantitative estimate of drug-likeness (QED) is 0.657. The van der Waals surface area contributed by atoms with Crippen molar-refractivity contribution < 1.29 is 9.47 Å². The predicted octanol–water partition coefficient (Wildman–Crippen LogP) is 2.73. The van der Waals surface area contributed by atoms with Crippen molar-refractivity contribution in [2.75, 3.05) is 6.79 Å². The number of hydrogen-bond acceptors (Lipinski definition) is 6. The molecule has 0 radical (unpaired) electrons. The van der Waals surface area contributed by atoms with E-state index in [1.54, 1.807) is 0 Å². The van der Waals surface area contributed by atoms with Gasteiger partial charge >= 0.3 is 0 Å². The van der Waals surface area contributed by atoms with E-state index in [1.807, 2.05) is 48.5 Å². The summed E-state index contributed by atoms with van der Waals surface area (Å²) >= 11 is 0. The molecule has 2 aliphatic heterocycles. The highest BCUT2D eigenvalue weighted by atomic mass is 16.7. The topological polar surface area (TPSA) is 94.9 Å². The minimum atomic E-state index is -0.869. The summed E-state index contributed by atoms with van der Waals surface area (Å²) in [5, 5.41) is 5.37. The number of nitrogens with one attached hydrogen (secondary N) is 1. The Morgan fingerprint density at radius 2 is 1.82 bits per heavy atom. The molecule has 6 nitrogen and oxygen atoms in total. The molecule has 0 amide bonds. The molecule has 28 heavy (non-hydrogen) atoms. The Labute approximate surface area is 162 Å². The van der Waals surface area contributed by atoms with Crippen LogP contribution in [-0.4, -0.2) is 18.4 Å². The number of nitrogens with two attached hydrogens (primary N) is 2. The molecular weight excluding hydrogens is 352 g/mol. The molecule has 2 aliphatic rings. The van der Waals surface area contributed by atoms with E-state index in [2.05, 4.69) is 28.5 Å². The molecule has 0 aliphatic carbocycles. The van der Waals surface area contributed by atoms with Gasteiger partial charge in [0.1, 0.15) is 5.66 Å². The predicted molar refractivity (Wildman–Crippen MR) is 110 cm³/mol. The summed E-state index contributed by atoms with van der Waals surface area (Å²) < 4.78 is 10.9. The van der Waals surface area contributed by atoms with E-state index >= 15 is 0 Å². The van der Waals surface area contributed by atoms with Crippen molar-refractivity contribution in [3.8, 4) is 11.5 Å². The molecule has 3 aromatic rings. The molecular formula is C22H20N4O2. The van der Waals surface area contributed by atoms with Crippen LogP contribution in [-0.2, 0) is 6.42 Å². The lowest BCUT2D eigenvalue weighted by molar-refractivity contribution is 0.174. The lowest BCUT2D eigenvalue weighted by Gasteiger charge is -2.32. The van der Waals surface area contributed by atoms with E-state index in [0.29, 0.717) is 12.4 Å². The van der Waals surface area contributed by atoms with Gasteiger partial charge in [-0.3, -0.25) is 0 Å². The molecule has 0 aromatic heterocycles. The maximum Gasteiger partial charge on any atom is 0.231 e. The van der Waals surface area contributed by atoms with Crippen LogP contribution in [0.3, 0.4) is 0 Å². The van der Waals surface area contributed by atoms with Crippen LogP contribution in [0.5, 0.6) is 11.5 Å². The number of nitrogens with zero attached hydrogens (tertiary/aromatic N) is 1. The Hall–Kier alpha value is -3.51. The molecule has 3 aromatic carbocycles. The maximum atomic E-state index is 6.68. The first-order chi connectivity index (χ1) is 13.6. The van der Waals surface area contributed by atoms with Crippen molar-refractivity contribution in [1.82, 2.24) is 5.32 Å². The molecule has 0 saturated carbocycles. The van der Waals surface area contributed by atoms with E-state index in [1.165, 1.54) is 0 Å². The average Bonchev–Trinajstić information content (AvgIpc) is 3.14. The molecule has 0 spiro atoms. The summed E-state index contributed by atoms with van der Waals surface area (Å²) in [6.45, 7) is 0.246. The maximum absolute atomic E-state index is 6.68. The van der Waals surface area contributed by atoms with Crippen LogP contribution in [0.4, 0.5) is 0 Å². The van der Waals surface area contributed by atoms with Gasteiger partial charge in [-0.1, -0.05) is 48.5 Å². The van der Waals surface area contributed by atoms with E-state index in [4.69, 9.17) is 20.9 Å². The van der Waals surface area contributed by atoms with Gasteiger partial charge in [-0.25, -0.2) is 4.99 Å². The molecule has 140 valence electrons. The largest absolute Gasteiger partial charge is 0.454 e. The lowest BCUT2D eigenvalue weighted by Crippen LogP contribution is -2.59. The molecule has 0 saturated heterocycles. The van der Waals surface area contributed by atoms with Crippen LogP contribution >= 0.6 is 0 Å². The van der Waals surface area contributed by atoms with Gasteiger partial charge in [-0.15, -0.1) is 0 Å². The van der Waals surface area contributed by atoms with E-state index in [9.17, 15) is 0 Å². The second kappa shape index (κ2) is 6.28. The SMILES string of the molecule is NC1=NC(c2cccc3ccccc23)=CC(N)(Cc2ccc3c(c2)OCO3)N1. The van der Waals surface area contributed by atoms with Crippen molar-refractivity contribution >= 4 is 22.4 Å². The highest BCUT2D eigenvalue weighted by Crippen LogP contribution is 2.34. The van der Waals surface area contributed by atoms with Crippen molar-refractivity contribution in [2.24, 2.45) is 16.5 Å². The summed E-state index contributed by atoms with van der Waals surface area (Å²) in [5.41, 5.74) is 14.7. The third-order valence-corrected chi connectivity index (χ3v) is 5.00. The fourth-order valence-electron chi connectivity index (χ4n) is 3.78. The van der Waals surface area contributed by atoms with Crippen LogP contribution in [0.25, 0.3) is 16.5 Å². The van der Waals surface area contributed by atoms with Gasteiger partial charge < -0.3 is 26.3 Å². The van der Waals surface area contributed by atoms with Gasteiger partial charge in [-0.2, -0.15) is 0 Å². The fraction of sp³-hybridized carbons (Fsp3) is 0.136. The van der Waals surface area contributed by atoms with Gasteiger partial charge in [0.05, 0.1) is 5.70 Å². The zero-order chi connectivity index (χ0) is 19.1. The molecule has 2 heterocycles. The van der Waals surface area contributed by atoms with Crippen molar-refractivity contribution in [1.29, 1.82) is 0 Å². The van der Waals surface area contributed by atoms with Crippen LogP contribution in [0.15, 0.2) is 71.7 Å². The van der Waals surface area contributed by atoms with E-state index in [0.717, 1.165) is 39.1 Å². The molecule has 0 bridgehead atoms. The fourth-order valence-corrected chi connectivity index (χ4v) is 3.78. The van der Waals surface area contributed by atoms with Gasteiger partial charge in [0.2, 0.25) is 6.79 Å². The minimum Gasteiger partial charge on any atom is -0.454 e. The van der Waals surface area contributed by atoms with E-state index < -0.39 is 5.66 Å². The van der Waals surface area contributed by atoms with E-state index in [-0.39, 0.29) is 6.79 Å². The van der Waals surface area contributed by atoms with Crippen molar-refractivity contribution in [2.45, 2.75) is 12.1 Å². The first-order valence-corrected chi connectivity index (χ1v) is 9.10. The number of rotatable bonds is 3. The molecule has 1 atom stereocenters. The highest BCUT2D eigenvalue weighted by molar-refractivity contribution is 5.97. The zero-order valence-electron chi connectivity index (χ0n) is 15.2. The Bertz CT molecular complexity index is 1130. The number of ether oxygens (including phenoxy) is 2. The smallest absolute Gasteiger partial charge is 0.231 e. The standard InChI is InChI=1S/C22H20N4O2/c23-21-25-18(17-7-3-5-15-4-1-2-6-16(15)17)12-22(24,26-21)11-14-8-9-19-20(10-14)28-13-27-19/h1-10,12H,11,13,24H2,(H3,23,25,26). The van der Waals surface area contributed by atoms with Crippen LogP contribution in [0.1, 0.15) is 11.1 Å². The third-order valence-electron chi connectivity index (χ3n) is 5.00. The number of guanidine groups is 1. The molecule has 0 fully saturated rings. The minimum absolute atomic E-state index is 0.246. The second-order valence-electron chi connectivity index (χ2n) is 7.08. The van der Waals surface area contributed by atoms with Crippen molar-refractivity contribution in [3.63, 3.8) is 0 Å². The number of aliphatic imine (C=N–C) groups is 1. The van der Waals surface area contributed by atoms with Gasteiger partial charge in [0.15, 0.2) is 17.5 Å². The van der Waals surface area contributed by atoms with Gasteiger partial charge in [0.25, 0.3) is 0 Å². The van der Waals surface area contributed by atoms with Crippen LogP contribution < -0.4 is 26.3 Å². The zero-order valence-corrected chi connectivity index (χ0v) is 15.2. The van der Waals surface area contributed by atoms with Crippen LogP contribution in [0.2, 0.25) is 0 Å². The Kier molecular flexibility index (Phi) is 3.74. The third kappa shape index (κ3) is 2.93. The Balaban J connectivity index is 1.54. The molecule has 5 N–H and O–H groups in total. The lowest BCUT2D eigenvalue weighted by atomic mass is 9.94. The summed E-state index contributed by atoms with van der Waals surface area (Å²) in [7, 11) is 0. The number of fused-ring (bicyclic) bond motifs is 2. The first kappa shape index (κ1) is 16.6. The van der Waals surface area contributed by atoms with Gasteiger partial charge in [-0.05, 0) is 34.5 Å². The van der Waals surface area contributed by atoms with Crippen LogP contribution in [0, 0.1) is 0 Å². The van der Waals surface area contributed by atoms with Gasteiger partial charge in [0, 0.05) is 12.0 Å².